The van der Waals surface area contributed by atoms with Crippen LogP contribution >= 0.6 is 11.3 Å². The lowest BCUT2D eigenvalue weighted by Crippen LogP contribution is -2.36. The number of nitrogens with zero attached hydrogens (tertiary/aromatic N) is 2. The van der Waals surface area contributed by atoms with Crippen molar-refractivity contribution in [2.45, 2.75) is 32.6 Å². The van der Waals surface area contributed by atoms with Crippen molar-refractivity contribution < 1.29 is 9.90 Å². The lowest BCUT2D eigenvalue weighted by molar-refractivity contribution is -0.142. The minimum absolute atomic E-state index is 0.192. The quantitative estimate of drug-likeness (QED) is 0.939. The summed E-state index contributed by atoms with van der Waals surface area (Å²) in [5.41, 5.74) is 2.38. The number of benzene rings is 1. The summed E-state index contributed by atoms with van der Waals surface area (Å²) in [4.78, 5) is 17.9. The van der Waals surface area contributed by atoms with Gasteiger partial charge in [-0.3, -0.25) is 4.79 Å². The van der Waals surface area contributed by atoms with Crippen LogP contribution in [0.2, 0.25) is 0 Å². The fraction of sp³-hybridized carbons (Fsp3) is 0.500. The smallest absolute Gasteiger partial charge is 0.306 e. The molecule has 112 valence electrons. The van der Waals surface area contributed by atoms with Gasteiger partial charge in [-0.2, -0.15) is 0 Å². The number of rotatable bonds is 3. The van der Waals surface area contributed by atoms with E-state index in [1.54, 1.807) is 11.3 Å². The van der Waals surface area contributed by atoms with Crippen molar-refractivity contribution in [3.63, 3.8) is 0 Å². The molecule has 1 saturated heterocycles. The lowest BCUT2D eigenvalue weighted by Gasteiger charge is -2.29. The zero-order chi connectivity index (χ0) is 15.0. The highest BCUT2D eigenvalue weighted by molar-refractivity contribution is 7.22. The van der Waals surface area contributed by atoms with Crippen molar-refractivity contribution in [2.75, 3.05) is 18.0 Å². The molecule has 1 aromatic heterocycles. The number of hydrogen-bond donors (Lipinski definition) is 1. The number of fused-ring (bicyclic) bond motifs is 1. The molecule has 21 heavy (non-hydrogen) atoms. The van der Waals surface area contributed by atoms with Crippen molar-refractivity contribution in [2.24, 2.45) is 5.92 Å². The van der Waals surface area contributed by atoms with Crippen LogP contribution in [0.15, 0.2) is 18.2 Å². The van der Waals surface area contributed by atoms with E-state index in [-0.39, 0.29) is 5.92 Å². The molecule has 5 heteroatoms. The second-order valence-electron chi connectivity index (χ2n) is 5.98. The molecule has 0 unspecified atom stereocenters. The van der Waals surface area contributed by atoms with Crippen molar-refractivity contribution in [1.82, 2.24) is 4.98 Å². The van der Waals surface area contributed by atoms with E-state index in [0.29, 0.717) is 18.8 Å². The number of piperidine rings is 1. The van der Waals surface area contributed by atoms with Gasteiger partial charge in [-0.15, -0.1) is 0 Å². The zero-order valence-corrected chi connectivity index (χ0v) is 13.2. The third kappa shape index (κ3) is 2.88. The first-order chi connectivity index (χ1) is 10.0. The average Bonchev–Trinajstić information content (AvgIpc) is 2.90. The van der Waals surface area contributed by atoms with Crippen LogP contribution in [0.1, 0.15) is 38.2 Å². The molecule has 2 heterocycles. The first kappa shape index (κ1) is 14.3. The summed E-state index contributed by atoms with van der Waals surface area (Å²) in [6, 6.07) is 6.47. The number of carbonyl (C=O) groups is 1. The van der Waals surface area contributed by atoms with E-state index in [9.17, 15) is 4.79 Å². The summed E-state index contributed by atoms with van der Waals surface area (Å²) in [5, 5.41) is 10.1. The Kier molecular flexibility index (Phi) is 3.85. The molecule has 0 atom stereocenters. The van der Waals surface area contributed by atoms with Crippen LogP contribution in [-0.4, -0.2) is 29.1 Å². The summed E-state index contributed by atoms with van der Waals surface area (Å²) < 4.78 is 1.22. The van der Waals surface area contributed by atoms with Crippen LogP contribution in [0.3, 0.4) is 0 Å². The maximum absolute atomic E-state index is 11.0. The second-order valence-corrected chi connectivity index (χ2v) is 6.99. The highest BCUT2D eigenvalue weighted by atomic mass is 32.1. The molecule has 0 amide bonds. The Hall–Kier alpha value is -1.62. The van der Waals surface area contributed by atoms with Crippen LogP contribution < -0.4 is 4.90 Å². The fourth-order valence-electron chi connectivity index (χ4n) is 2.74. The minimum Gasteiger partial charge on any atom is -0.481 e. The number of aliphatic carboxylic acids is 1. The zero-order valence-electron chi connectivity index (χ0n) is 12.4. The summed E-state index contributed by atoms with van der Waals surface area (Å²) in [5.74, 6) is -0.338. The molecule has 0 saturated carbocycles. The summed E-state index contributed by atoms with van der Waals surface area (Å²) >= 11 is 1.71. The standard InChI is InChI=1S/C16H20N2O2S/c1-10(2)12-3-4-13-14(9-12)21-16(17-13)18-7-5-11(6-8-18)15(19)20/h3-4,9-11H,5-8H2,1-2H3,(H,19,20). The van der Waals surface area contributed by atoms with Gasteiger partial charge in [-0.1, -0.05) is 31.3 Å². The van der Waals surface area contributed by atoms with Crippen LogP contribution in [0, 0.1) is 5.92 Å². The number of carboxylic acid groups (broad SMARTS) is 1. The van der Waals surface area contributed by atoms with Crippen molar-refractivity contribution >= 4 is 32.7 Å². The van der Waals surface area contributed by atoms with Gasteiger partial charge < -0.3 is 10.0 Å². The van der Waals surface area contributed by atoms with E-state index in [2.05, 4.69) is 36.9 Å². The highest BCUT2D eigenvalue weighted by Gasteiger charge is 2.25. The average molecular weight is 304 g/mol. The second kappa shape index (κ2) is 5.64. The summed E-state index contributed by atoms with van der Waals surface area (Å²) in [6.07, 6.45) is 1.42. The van der Waals surface area contributed by atoms with Crippen LogP contribution in [0.25, 0.3) is 10.2 Å². The molecular weight excluding hydrogens is 284 g/mol. The van der Waals surface area contributed by atoms with Gasteiger partial charge in [0.1, 0.15) is 0 Å². The molecule has 4 nitrogen and oxygen atoms in total. The number of hydrogen-bond acceptors (Lipinski definition) is 4. The number of thiazole rings is 1. The van der Waals surface area contributed by atoms with E-state index in [0.717, 1.165) is 23.7 Å². The third-order valence-corrected chi connectivity index (χ3v) is 5.26. The van der Waals surface area contributed by atoms with Gasteiger partial charge in [-0.05, 0) is 36.5 Å². The molecule has 1 aliphatic heterocycles. The van der Waals surface area contributed by atoms with E-state index < -0.39 is 5.97 Å². The SMILES string of the molecule is CC(C)c1ccc2nc(N3CCC(C(=O)O)CC3)sc2c1. The lowest BCUT2D eigenvalue weighted by atomic mass is 9.98. The maximum Gasteiger partial charge on any atom is 0.306 e. The summed E-state index contributed by atoms with van der Waals surface area (Å²) in [7, 11) is 0. The van der Waals surface area contributed by atoms with Crippen molar-refractivity contribution in [3.8, 4) is 0 Å². The number of aromatic nitrogens is 1. The normalized spacial score (nSPS) is 16.8. The summed E-state index contributed by atoms with van der Waals surface area (Å²) in [6.45, 7) is 5.96. The Morgan fingerprint density at radius 1 is 1.38 bits per heavy atom. The maximum atomic E-state index is 11.0. The van der Waals surface area contributed by atoms with Gasteiger partial charge in [-0.25, -0.2) is 4.98 Å². The Bertz CT molecular complexity index is 657. The Morgan fingerprint density at radius 3 is 2.71 bits per heavy atom. The molecule has 1 fully saturated rings. The van der Waals surface area contributed by atoms with Gasteiger partial charge in [0.05, 0.1) is 16.1 Å². The van der Waals surface area contributed by atoms with E-state index >= 15 is 0 Å². The molecule has 0 spiro atoms. The highest BCUT2D eigenvalue weighted by Crippen LogP contribution is 2.33. The molecule has 1 N–H and O–H groups in total. The van der Waals surface area contributed by atoms with E-state index in [1.165, 1.54) is 10.3 Å². The first-order valence-electron chi connectivity index (χ1n) is 7.43. The number of carboxylic acids is 1. The molecule has 2 aromatic rings. The van der Waals surface area contributed by atoms with Crippen LogP contribution in [0.4, 0.5) is 5.13 Å². The Morgan fingerprint density at radius 2 is 2.10 bits per heavy atom. The Labute approximate surface area is 128 Å². The molecule has 0 radical (unpaired) electrons. The van der Waals surface area contributed by atoms with Crippen molar-refractivity contribution in [1.29, 1.82) is 0 Å². The third-order valence-electron chi connectivity index (χ3n) is 4.18. The predicted octanol–water partition coefficient (Wildman–Crippen LogP) is 3.72. The van der Waals surface area contributed by atoms with Gasteiger partial charge in [0, 0.05) is 13.1 Å². The van der Waals surface area contributed by atoms with Gasteiger partial charge >= 0.3 is 5.97 Å². The molecule has 0 bridgehead atoms. The molecule has 3 rings (SSSR count). The van der Waals surface area contributed by atoms with Crippen molar-refractivity contribution in [3.05, 3.63) is 23.8 Å². The topological polar surface area (TPSA) is 53.4 Å². The van der Waals surface area contributed by atoms with E-state index in [1.807, 2.05) is 0 Å². The minimum atomic E-state index is -0.666. The van der Waals surface area contributed by atoms with Gasteiger partial charge in [0.2, 0.25) is 0 Å². The van der Waals surface area contributed by atoms with Gasteiger partial charge in [0.25, 0.3) is 0 Å². The van der Waals surface area contributed by atoms with Crippen LogP contribution in [0.5, 0.6) is 0 Å². The molecule has 0 aliphatic carbocycles. The molecule has 1 aliphatic rings. The monoisotopic (exact) mass is 304 g/mol. The first-order valence-corrected chi connectivity index (χ1v) is 8.24. The van der Waals surface area contributed by atoms with Crippen LogP contribution in [-0.2, 0) is 4.79 Å². The fourth-order valence-corrected chi connectivity index (χ4v) is 3.81. The molecule has 1 aromatic carbocycles. The van der Waals surface area contributed by atoms with E-state index in [4.69, 9.17) is 10.1 Å². The molecular formula is C16H20N2O2S. The largest absolute Gasteiger partial charge is 0.481 e. The van der Waals surface area contributed by atoms with Gasteiger partial charge in [0.15, 0.2) is 5.13 Å². The number of anilines is 1. The predicted molar refractivity (Wildman–Crippen MR) is 86.3 cm³/mol. The Balaban J connectivity index is 1.80.